The van der Waals surface area contributed by atoms with Crippen LogP contribution in [-0.2, 0) is 0 Å². The number of anilines is 1. The van der Waals surface area contributed by atoms with Crippen molar-refractivity contribution in [3.8, 4) is 5.75 Å². The minimum absolute atomic E-state index is 0.0326. The zero-order valence-corrected chi connectivity index (χ0v) is 11.9. The number of rotatable bonds is 2. The number of halogens is 2. The Kier molecular flexibility index (Phi) is 4.84. The third-order valence-electron chi connectivity index (χ3n) is 2.62. The summed E-state index contributed by atoms with van der Waals surface area (Å²) in [5.41, 5.74) is 4.93. The fourth-order valence-electron chi connectivity index (χ4n) is 1.58. The summed E-state index contributed by atoms with van der Waals surface area (Å²) in [5, 5.41) is 12.1. The second-order valence-electron chi connectivity index (χ2n) is 4.18. The first kappa shape index (κ1) is 15.6. The number of amides is 1. The molecule has 22 heavy (non-hydrogen) atoms. The predicted octanol–water partition coefficient (Wildman–Crippen LogP) is 2.30. The van der Waals surface area contributed by atoms with E-state index in [2.05, 4.69) is 16.2 Å². The Morgan fingerprint density at radius 3 is 2.45 bits per heavy atom. The van der Waals surface area contributed by atoms with Gasteiger partial charge in [0, 0.05) is 11.8 Å². The molecule has 0 fully saturated rings. The molecule has 1 amide bonds. The molecule has 2 aromatic rings. The zero-order valence-electron chi connectivity index (χ0n) is 11.1. The molecule has 0 saturated heterocycles. The van der Waals surface area contributed by atoms with Crippen LogP contribution in [0.3, 0.4) is 0 Å². The van der Waals surface area contributed by atoms with Gasteiger partial charge in [0.25, 0.3) is 5.91 Å². The highest BCUT2D eigenvalue weighted by molar-refractivity contribution is 7.80. The van der Waals surface area contributed by atoms with Gasteiger partial charge >= 0.3 is 0 Å². The number of phenolic OH excluding ortho intramolecular Hbond substituents is 1. The molecule has 0 aromatic heterocycles. The molecule has 0 saturated carbocycles. The van der Waals surface area contributed by atoms with E-state index in [9.17, 15) is 18.7 Å². The summed E-state index contributed by atoms with van der Waals surface area (Å²) in [6, 6.07) is 9.12. The van der Waals surface area contributed by atoms with E-state index in [0.717, 1.165) is 12.1 Å². The summed E-state index contributed by atoms with van der Waals surface area (Å²) >= 11 is 4.90. The van der Waals surface area contributed by atoms with Gasteiger partial charge in [0.05, 0.1) is 5.56 Å². The predicted molar refractivity (Wildman–Crippen MR) is 81.3 cm³/mol. The quantitative estimate of drug-likeness (QED) is 0.504. The summed E-state index contributed by atoms with van der Waals surface area (Å²) in [4.78, 5) is 11.8. The normalized spacial score (nSPS) is 9.91. The van der Waals surface area contributed by atoms with Crippen molar-refractivity contribution >= 4 is 28.9 Å². The molecule has 0 unspecified atom stereocenters. The number of hydrogen-bond acceptors (Lipinski definition) is 3. The average Bonchev–Trinajstić information content (AvgIpc) is 2.49. The molecule has 0 radical (unpaired) electrons. The molecule has 0 heterocycles. The molecule has 8 heteroatoms. The summed E-state index contributed by atoms with van der Waals surface area (Å²) in [7, 11) is 0. The topological polar surface area (TPSA) is 73.4 Å². The van der Waals surface area contributed by atoms with Crippen molar-refractivity contribution in [2.45, 2.75) is 0 Å². The summed E-state index contributed by atoms with van der Waals surface area (Å²) in [5.74, 6) is -2.78. The van der Waals surface area contributed by atoms with Crippen LogP contribution in [0.15, 0.2) is 42.5 Å². The number of aromatic hydroxyl groups is 1. The van der Waals surface area contributed by atoms with Gasteiger partial charge in [-0.3, -0.25) is 15.6 Å². The monoisotopic (exact) mass is 323 g/mol. The molecule has 114 valence electrons. The standard InChI is InChI=1S/C14H11F2N3O2S/c15-10-6-5-8(7-11(10)16)17-14(22)19-18-13(21)9-3-1-2-4-12(9)20/h1-7,20H,(H,18,21)(H2,17,19,22). The Morgan fingerprint density at radius 1 is 1.05 bits per heavy atom. The minimum Gasteiger partial charge on any atom is -0.507 e. The van der Waals surface area contributed by atoms with E-state index in [4.69, 9.17) is 12.2 Å². The third-order valence-corrected chi connectivity index (χ3v) is 2.82. The van der Waals surface area contributed by atoms with Crippen molar-refractivity contribution in [3.05, 3.63) is 59.7 Å². The van der Waals surface area contributed by atoms with Gasteiger partial charge in [0.1, 0.15) is 5.75 Å². The van der Waals surface area contributed by atoms with Gasteiger partial charge in [0.2, 0.25) is 0 Å². The van der Waals surface area contributed by atoms with Crippen LogP contribution in [0, 0.1) is 11.6 Å². The van der Waals surface area contributed by atoms with E-state index >= 15 is 0 Å². The largest absolute Gasteiger partial charge is 0.507 e. The number of nitrogens with one attached hydrogen (secondary N) is 3. The van der Waals surface area contributed by atoms with Crippen LogP contribution in [0.4, 0.5) is 14.5 Å². The highest BCUT2D eigenvalue weighted by atomic mass is 32.1. The summed E-state index contributed by atoms with van der Waals surface area (Å²) in [6.07, 6.45) is 0. The Morgan fingerprint density at radius 2 is 1.77 bits per heavy atom. The minimum atomic E-state index is -1.02. The number of hydrogen-bond donors (Lipinski definition) is 4. The van der Waals surface area contributed by atoms with E-state index in [0.29, 0.717) is 0 Å². The van der Waals surface area contributed by atoms with Crippen LogP contribution in [0.2, 0.25) is 0 Å². The average molecular weight is 323 g/mol. The molecule has 0 bridgehead atoms. The van der Waals surface area contributed by atoms with Gasteiger partial charge in [-0.05, 0) is 36.5 Å². The van der Waals surface area contributed by atoms with Gasteiger partial charge in [0.15, 0.2) is 16.7 Å². The van der Waals surface area contributed by atoms with Crippen LogP contribution in [-0.4, -0.2) is 16.1 Å². The van der Waals surface area contributed by atoms with Gasteiger partial charge in [-0.1, -0.05) is 12.1 Å². The summed E-state index contributed by atoms with van der Waals surface area (Å²) in [6.45, 7) is 0. The lowest BCUT2D eigenvalue weighted by Gasteiger charge is -2.12. The van der Waals surface area contributed by atoms with Gasteiger partial charge in [-0.15, -0.1) is 0 Å². The smallest absolute Gasteiger partial charge is 0.273 e. The van der Waals surface area contributed by atoms with E-state index in [1.807, 2.05) is 0 Å². The maximum Gasteiger partial charge on any atom is 0.273 e. The Hall–Kier alpha value is -2.74. The second-order valence-corrected chi connectivity index (χ2v) is 4.59. The van der Waals surface area contributed by atoms with Crippen LogP contribution in [0.1, 0.15) is 10.4 Å². The van der Waals surface area contributed by atoms with Crippen molar-refractivity contribution in [1.29, 1.82) is 0 Å². The molecule has 2 rings (SSSR count). The first-order valence-corrected chi connectivity index (χ1v) is 6.48. The van der Waals surface area contributed by atoms with Crippen LogP contribution >= 0.6 is 12.2 Å². The number of benzene rings is 2. The van der Waals surface area contributed by atoms with E-state index < -0.39 is 17.5 Å². The molecule has 0 aliphatic rings. The van der Waals surface area contributed by atoms with Crippen molar-refractivity contribution in [2.24, 2.45) is 0 Å². The Labute approximate surface area is 129 Å². The van der Waals surface area contributed by atoms with Gasteiger partial charge in [-0.25, -0.2) is 8.78 Å². The van der Waals surface area contributed by atoms with Crippen LogP contribution < -0.4 is 16.2 Å². The fraction of sp³-hybridized carbons (Fsp3) is 0. The highest BCUT2D eigenvalue weighted by Crippen LogP contribution is 2.15. The van der Waals surface area contributed by atoms with Crippen molar-refractivity contribution < 1.29 is 18.7 Å². The van der Waals surface area contributed by atoms with E-state index in [1.54, 1.807) is 12.1 Å². The lowest BCUT2D eigenvalue weighted by molar-refractivity contribution is 0.0941. The second kappa shape index (κ2) is 6.81. The van der Waals surface area contributed by atoms with Crippen molar-refractivity contribution in [1.82, 2.24) is 10.9 Å². The lowest BCUT2D eigenvalue weighted by Crippen LogP contribution is -2.43. The molecule has 0 spiro atoms. The Bertz CT molecular complexity index is 725. The molecule has 0 aliphatic carbocycles. The molecule has 0 atom stereocenters. The molecular weight excluding hydrogens is 312 g/mol. The number of thiocarbonyl (C=S) groups is 1. The molecule has 5 nitrogen and oxygen atoms in total. The summed E-state index contributed by atoms with van der Waals surface area (Å²) < 4.78 is 25.8. The highest BCUT2D eigenvalue weighted by Gasteiger charge is 2.10. The van der Waals surface area contributed by atoms with E-state index in [-0.39, 0.29) is 22.1 Å². The zero-order chi connectivity index (χ0) is 16.1. The number of phenols is 1. The van der Waals surface area contributed by atoms with Crippen LogP contribution in [0.5, 0.6) is 5.75 Å². The molecule has 4 N–H and O–H groups in total. The van der Waals surface area contributed by atoms with Crippen LogP contribution in [0.25, 0.3) is 0 Å². The molecule has 0 aliphatic heterocycles. The van der Waals surface area contributed by atoms with Gasteiger partial charge in [-0.2, -0.15) is 0 Å². The van der Waals surface area contributed by atoms with E-state index in [1.165, 1.54) is 18.2 Å². The van der Waals surface area contributed by atoms with Crippen molar-refractivity contribution in [3.63, 3.8) is 0 Å². The molecule has 2 aromatic carbocycles. The number of carbonyl (C=O) groups excluding carboxylic acids is 1. The lowest BCUT2D eigenvalue weighted by atomic mass is 10.2. The third kappa shape index (κ3) is 3.89. The molecular formula is C14H11F2N3O2S. The fourth-order valence-corrected chi connectivity index (χ4v) is 1.75. The SMILES string of the molecule is O=C(NNC(=S)Nc1ccc(F)c(F)c1)c1ccccc1O. The number of hydrazine groups is 1. The van der Waals surface area contributed by atoms with Gasteiger partial charge < -0.3 is 10.4 Å². The Balaban J connectivity index is 1.91. The number of carbonyl (C=O) groups is 1. The first-order chi connectivity index (χ1) is 10.5. The maximum atomic E-state index is 13.0. The number of para-hydroxylation sites is 1. The maximum absolute atomic E-state index is 13.0. The van der Waals surface area contributed by atoms with Crippen molar-refractivity contribution in [2.75, 3.05) is 5.32 Å². The first-order valence-electron chi connectivity index (χ1n) is 6.08.